The summed E-state index contributed by atoms with van der Waals surface area (Å²) in [6, 6.07) is 7.13. The van der Waals surface area contributed by atoms with Crippen LogP contribution < -0.4 is 0 Å². The van der Waals surface area contributed by atoms with E-state index >= 15 is 0 Å². The first-order chi connectivity index (χ1) is 11.8. The van der Waals surface area contributed by atoms with Crippen molar-refractivity contribution >= 4 is 5.78 Å². The minimum atomic E-state index is -0.283. The summed E-state index contributed by atoms with van der Waals surface area (Å²) in [5.74, 6) is 0.887. The molecule has 7 nitrogen and oxygen atoms in total. The molecule has 0 atom stereocenters. The van der Waals surface area contributed by atoms with E-state index in [2.05, 4.69) is 29.9 Å². The van der Waals surface area contributed by atoms with E-state index in [1.165, 1.54) is 0 Å². The number of nitrogens with zero attached hydrogens (tertiary/aromatic N) is 4. The second kappa shape index (κ2) is 5.88. The number of pyridine rings is 2. The fourth-order valence-corrected chi connectivity index (χ4v) is 2.49. The van der Waals surface area contributed by atoms with Crippen molar-refractivity contribution in [2.75, 3.05) is 0 Å². The zero-order valence-electron chi connectivity index (χ0n) is 12.5. The molecule has 0 amide bonds. The van der Waals surface area contributed by atoms with Crippen LogP contribution in [-0.4, -0.2) is 35.7 Å². The Bertz CT molecular complexity index is 896. The van der Waals surface area contributed by atoms with Crippen molar-refractivity contribution in [1.82, 2.24) is 29.9 Å². The summed E-state index contributed by atoms with van der Waals surface area (Å²) in [6.07, 6.45) is 9.82. The van der Waals surface area contributed by atoms with Crippen LogP contribution in [0.1, 0.15) is 16.2 Å². The summed E-state index contributed by atoms with van der Waals surface area (Å²) in [7, 11) is 0. The van der Waals surface area contributed by atoms with Crippen LogP contribution in [0.4, 0.5) is 0 Å². The third-order valence-corrected chi connectivity index (χ3v) is 3.55. The number of carbonyl (C=O) groups is 1. The van der Waals surface area contributed by atoms with E-state index in [1.807, 2.05) is 0 Å². The Hall–Kier alpha value is -3.61. The van der Waals surface area contributed by atoms with E-state index in [1.54, 1.807) is 61.4 Å². The second-order valence-electron chi connectivity index (χ2n) is 5.00. The van der Waals surface area contributed by atoms with Crippen LogP contribution in [0.15, 0.2) is 61.4 Å². The molecule has 4 rings (SSSR count). The number of hydrogen-bond donors (Lipinski definition) is 2. The Morgan fingerprint density at radius 1 is 0.708 bits per heavy atom. The van der Waals surface area contributed by atoms with Crippen molar-refractivity contribution < 1.29 is 4.79 Å². The number of carbonyl (C=O) groups excluding carboxylic acids is 1. The summed E-state index contributed by atoms with van der Waals surface area (Å²) < 4.78 is 0. The highest BCUT2D eigenvalue weighted by atomic mass is 16.1. The van der Waals surface area contributed by atoms with E-state index < -0.39 is 0 Å². The summed E-state index contributed by atoms with van der Waals surface area (Å²) in [5, 5.41) is 0. The summed E-state index contributed by atoms with van der Waals surface area (Å²) in [4.78, 5) is 36.0. The average Bonchev–Trinajstić information content (AvgIpc) is 3.35. The zero-order chi connectivity index (χ0) is 16.4. The van der Waals surface area contributed by atoms with Crippen LogP contribution in [0.2, 0.25) is 0 Å². The number of nitrogens with one attached hydrogen (secondary N) is 2. The maximum atomic E-state index is 13.1. The fraction of sp³-hybridized carbons (Fsp3) is 0. The Morgan fingerprint density at radius 3 is 1.62 bits per heavy atom. The molecular formula is C17H12N6O. The molecule has 24 heavy (non-hydrogen) atoms. The highest BCUT2D eigenvalue weighted by Gasteiger charge is 2.22. The van der Waals surface area contributed by atoms with Crippen molar-refractivity contribution in [1.29, 1.82) is 0 Å². The summed E-state index contributed by atoms with van der Waals surface area (Å²) >= 11 is 0. The molecule has 0 unspecified atom stereocenters. The van der Waals surface area contributed by atoms with Crippen LogP contribution in [0, 0.1) is 0 Å². The molecule has 0 spiro atoms. The van der Waals surface area contributed by atoms with Gasteiger partial charge < -0.3 is 9.97 Å². The second-order valence-corrected chi connectivity index (χ2v) is 5.00. The Labute approximate surface area is 136 Å². The van der Waals surface area contributed by atoms with Crippen molar-refractivity contribution in [2.24, 2.45) is 0 Å². The third kappa shape index (κ3) is 2.38. The summed E-state index contributed by atoms with van der Waals surface area (Å²) in [5.41, 5.74) is 1.84. The van der Waals surface area contributed by atoms with Gasteiger partial charge in [0, 0.05) is 48.3 Å². The fourth-order valence-electron chi connectivity index (χ4n) is 2.49. The molecule has 4 aromatic rings. The van der Waals surface area contributed by atoms with Crippen LogP contribution >= 0.6 is 0 Å². The number of rotatable bonds is 4. The molecule has 0 aliphatic rings. The molecule has 0 saturated heterocycles. The van der Waals surface area contributed by atoms with E-state index in [0.29, 0.717) is 34.2 Å². The van der Waals surface area contributed by atoms with Crippen LogP contribution in [0.3, 0.4) is 0 Å². The minimum absolute atomic E-state index is 0.283. The number of aromatic nitrogens is 6. The predicted octanol–water partition coefficient (Wildman–Crippen LogP) is 2.49. The average molecular weight is 316 g/mol. The largest absolute Gasteiger partial charge is 0.345 e. The van der Waals surface area contributed by atoms with Gasteiger partial charge in [0.15, 0.2) is 0 Å². The minimum Gasteiger partial charge on any atom is -0.345 e. The number of aromatic amines is 2. The monoisotopic (exact) mass is 316 g/mol. The lowest BCUT2D eigenvalue weighted by Gasteiger charge is -2.08. The number of H-pyrrole nitrogens is 2. The van der Waals surface area contributed by atoms with Gasteiger partial charge in [-0.2, -0.15) is 0 Å². The van der Waals surface area contributed by atoms with Gasteiger partial charge in [0.1, 0.15) is 23.0 Å². The lowest BCUT2D eigenvalue weighted by atomic mass is 10.0. The molecule has 0 bridgehead atoms. The van der Waals surface area contributed by atoms with Gasteiger partial charge >= 0.3 is 0 Å². The molecule has 4 heterocycles. The topological polar surface area (TPSA) is 100 Å². The molecule has 0 fully saturated rings. The van der Waals surface area contributed by atoms with E-state index in [9.17, 15) is 4.79 Å². The van der Waals surface area contributed by atoms with Gasteiger partial charge in [-0.3, -0.25) is 14.8 Å². The van der Waals surface area contributed by atoms with Crippen molar-refractivity contribution in [3.8, 4) is 22.8 Å². The molecule has 0 saturated carbocycles. The number of imidazole rings is 2. The lowest BCUT2D eigenvalue weighted by molar-refractivity contribution is 0.103. The van der Waals surface area contributed by atoms with Crippen molar-refractivity contribution in [3.05, 3.63) is 72.8 Å². The molecule has 0 radical (unpaired) electrons. The standard InChI is InChI=1S/C17H12N6O/c24-15(13-11(3-1-5-18-13)16-20-7-8-21-16)14-12(4-2-6-19-14)17-22-9-10-23-17/h1-10H,(H,20,21)(H,22,23). The predicted molar refractivity (Wildman–Crippen MR) is 87.1 cm³/mol. The highest BCUT2D eigenvalue weighted by Crippen LogP contribution is 2.24. The van der Waals surface area contributed by atoms with Crippen LogP contribution in [-0.2, 0) is 0 Å². The SMILES string of the molecule is O=C(c1ncccc1-c1ncc[nH]1)c1ncccc1-c1ncc[nH]1. The molecule has 7 heteroatoms. The van der Waals surface area contributed by atoms with Crippen LogP contribution in [0.25, 0.3) is 22.8 Å². The highest BCUT2D eigenvalue weighted by molar-refractivity contribution is 6.12. The zero-order valence-corrected chi connectivity index (χ0v) is 12.5. The molecule has 4 aromatic heterocycles. The van der Waals surface area contributed by atoms with Crippen molar-refractivity contribution in [3.63, 3.8) is 0 Å². The first-order valence-electron chi connectivity index (χ1n) is 7.29. The maximum absolute atomic E-state index is 13.1. The van der Waals surface area contributed by atoms with Crippen LogP contribution in [0.5, 0.6) is 0 Å². The summed E-state index contributed by atoms with van der Waals surface area (Å²) in [6.45, 7) is 0. The first kappa shape index (κ1) is 14.0. The molecule has 2 N–H and O–H groups in total. The third-order valence-electron chi connectivity index (χ3n) is 3.55. The number of hydrogen-bond acceptors (Lipinski definition) is 5. The maximum Gasteiger partial charge on any atom is 0.231 e. The Kier molecular flexibility index (Phi) is 3.43. The van der Waals surface area contributed by atoms with Gasteiger partial charge in [0.2, 0.25) is 5.78 Å². The van der Waals surface area contributed by atoms with E-state index in [4.69, 9.17) is 0 Å². The number of ketones is 1. The van der Waals surface area contributed by atoms with Gasteiger partial charge in [-0.1, -0.05) is 0 Å². The Morgan fingerprint density at radius 2 is 1.21 bits per heavy atom. The normalized spacial score (nSPS) is 10.7. The molecule has 116 valence electrons. The lowest BCUT2D eigenvalue weighted by Crippen LogP contribution is -2.10. The molecule has 0 aliphatic heterocycles. The van der Waals surface area contributed by atoms with Gasteiger partial charge in [-0.15, -0.1) is 0 Å². The van der Waals surface area contributed by atoms with Gasteiger partial charge in [-0.25, -0.2) is 9.97 Å². The molecule has 0 aliphatic carbocycles. The van der Waals surface area contributed by atoms with E-state index in [-0.39, 0.29) is 5.78 Å². The Balaban J connectivity index is 1.85. The smallest absolute Gasteiger partial charge is 0.231 e. The van der Waals surface area contributed by atoms with Gasteiger partial charge in [0.25, 0.3) is 0 Å². The van der Waals surface area contributed by atoms with Gasteiger partial charge in [0.05, 0.1) is 0 Å². The molecular weight excluding hydrogens is 304 g/mol. The first-order valence-corrected chi connectivity index (χ1v) is 7.29. The quantitative estimate of drug-likeness (QED) is 0.563. The van der Waals surface area contributed by atoms with Crippen molar-refractivity contribution in [2.45, 2.75) is 0 Å². The molecule has 0 aromatic carbocycles. The van der Waals surface area contributed by atoms with E-state index in [0.717, 1.165) is 0 Å². The van der Waals surface area contributed by atoms with Gasteiger partial charge in [-0.05, 0) is 24.3 Å².